The van der Waals surface area contributed by atoms with Crippen LogP contribution in [0, 0.1) is 23.2 Å². The first-order valence-corrected chi connectivity index (χ1v) is 8.38. The molecule has 0 aromatic heterocycles. The van der Waals surface area contributed by atoms with Gasteiger partial charge in [0.2, 0.25) is 0 Å². The van der Waals surface area contributed by atoms with Gasteiger partial charge in [0.25, 0.3) is 0 Å². The molecule has 0 spiro atoms. The fraction of sp³-hybridized carbons (Fsp3) is 1.00. The molecular weight excluding hydrogens is 254 g/mol. The molecule has 116 valence electrons. The summed E-state index contributed by atoms with van der Waals surface area (Å²) in [6.07, 6.45) is 7.58. The van der Waals surface area contributed by atoms with Crippen molar-refractivity contribution < 1.29 is 20.2 Å². The molecule has 0 aliphatic heterocycles. The van der Waals surface area contributed by atoms with Crippen molar-refractivity contribution in [3.05, 3.63) is 0 Å². The van der Waals surface area contributed by atoms with E-state index in [2.05, 4.69) is 0 Å². The SMILES string of the molecule is OCC[NH+](CCO)C[C@@H](O)C12CC3CC(CC(C3)C1)C2. The summed E-state index contributed by atoms with van der Waals surface area (Å²) in [5.41, 5.74) is 0.158. The lowest BCUT2D eigenvalue weighted by atomic mass is 9.48. The summed E-state index contributed by atoms with van der Waals surface area (Å²) >= 11 is 0. The van der Waals surface area contributed by atoms with Crippen LogP contribution in [-0.2, 0) is 0 Å². The fourth-order valence-electron chi connectivity index (χ4n) is 5.72. The zero-order valence-electron chi connectivity index (χ0n) is 12.4. The molecule has 0 aromatic rings. The van der Waals surface area contributed by atoms with Crippen molar-refractivity contribution in [2.45, 2.75) is 44.6 Å². The molecule has 4 saturated carbocycles. The largest absolute Gasteiger partial charge is 0.391 e. The minimum atomic E-state index is -0.260. The second-order valence-corrected chi connectivity index (χ2v) is 7.70. The molecule has 0 amide bonds. The molecule has 4 heteroatoms. The number of hydrogen-bond acceptors (Lipinski definition) is 3. The maximum atomic E-state index is 10.9. The molecule has 0 radical (unpaired) electrons. The Kier molecular flexibility index (Phi) is 4.37. The van der Waals surface area contributed by atoms with Crippen LogP contribution >= 0.6 is 0 Å². The van der Waals surface area contributed by atoms with Gasteiger partial charge in [-0.2, -0.15) is 0 Å². The Bertz CT molecular complexity index is 292. The van der Waals surface area contributed by atoms with Crippen molar-refractivity contribution in [1.82, 2.24) is 0 Å². The molecule has 0 aromatic carbocycles. The monoisotopic (exact) mass is 284 g/mol. The minimum absolute atomic E-state index is 0.128. The van der Waals surface area contributed by atoms with E-state index in [4.69, 9.17) is 10.2 Å². The molecule has 4 bridgehead atoms. The van der Waals surface area contributed by atoms with E-state index in [1.54, 1.807) is 0 Å². The molecule has 4 aliphatic carbocycles. The van der Waals surface area contributed by atoms with Crippen LogP contribution in [0.3, 0.4) is 0 Å². The summed E-state index contributed by atoms with van der Waals surface area (Å²) in [6, 6.07) is 0. The van der Waals surface area contributed by atoms with Crippen LogP contribution in [-0.4, -0.2) is 54.3 Å². The van der Waals surface area contributed by atoms with Crippen LogP contribution in [0.25, 0.3) is 0 Å². The van der Waals surface area contributed by atoms with Gasteiger partial charge in [0.15, 0.2) is 0 Å². The standard InChI is InChI=1S/C16H29NO3/c18-3-1-17(2-4-19)11-15(20)16-8-12-5-13(9-16)7-14(6-12)10-16/h12-15,18-20H,1-11H2/p+1/t12?,13?,14?,15-,16?/m1/s1. The molecule has 4 aliphatic rings. The predicted octanol–water partition coefficient (Wildman–Crippen LogP) is -0.567. The third-order valence-electron chi connectivity index (χ3n) is 6.21. The Labute approximate surface area is 121 Å². The highest BCUT2D eigenvalue weighted by molar-refractivity contribution is 5.04. The van der Waals surface area contributed by atoms with Gasteiger partial charge in [-0.25, -0.2) is 0 Å². The van der Waals surface area contributed by atoms with E-state index in [0.717, 1.165) is 22.7 Å². The van der Waals surface area contributed by atoms with E-state index >= 15 is 0 Å². The predicted molar refractivity (Wildman–Crippen MR) is 76.3 cm³/mol. The van der Waals surface area contributed by atoms with Crippen LogP contribution in [0.2, 0.25) is 0 Å². The molecule has 0 saturated heterocycles. The Hall–Kier alpha value is -0.160. The molecule has 4 fully saturated rings. The molecular formula is C16H30NO3+. The topological polar surface area (TPSA) is 65.1 Å². The minimum Gasteiger partial charge on any atom is -0.391 e. The first-order valence-electron chi connectivity index (χ1n) is 8.38. The number of quaternary nitrogens is 1. The van der Waals surface area contributed by atoms with Crippen LogP contribution in [0.5, 0.6) is 0 Å². The normalized spacial score (nSPS) is 40.5. The maximum absolute atomic E-state index is 10.9. The summed E-state index contributed by atoms with van der Waals surface area (Å²) in [5, 5.41) is 29.1. The first kappa shape index (κ1) is 14.8. The van der Waals surface area contributed by atoms with Crippen LogP contribution in [0.1, 0.15) is 38.5 Å². The second kappa shape index (κ2) is 5.91. The summed E-state index contributed by atoms with van der Waals surface area (Å²) in [7, 11) is 0. The molecule has 0 unspecified atom stereocenters. The molecule has 4 N–H and O–H groups in total. The van der Waals surface area contributed by atoms with Gasteiger partial charge < -0.3 is 20.2 Å². The van der Waals surface area contributed by atoms with Gasteiger partial charge in [-0.05, 0) is 56.3 Å². The highest BCUT2D eigenvalue weighted by Crippen LogP contribution is 2.61. The van der Waals surface area contributed by atoms with Gasteiger partial charge in [0.05, 0.1) is 13.2 Å². The smallest absolute Gasteiger partial charge is 0.108 e. The van der Waals surface area contributed by atoms with Crippen molar-refractivity contribution in [2.75, 3.05) is 32.8 Å². The first-order chi connectivity index (χ1) is 9.65. The zero-order valence-corrected chi connectivity index (χ0v) is 12.4. The van der Waals surface area contributed by atoms with E-state index in [1.165, 1.54) is 38.5 Å². The van der Waals surface area contributed by atoms with Crippen LogP contribution in [0.15, 0.2) is 0 Å². The molecule has 1 atom stereocenters. The van der Waals surface area contributed by atoms with Crippen LogP contribution < -0.4 is 4.90 Å². The van der Waals surface area contributed by atoms with Crippen molar-refractivity contribution in [1.29, 1.82) is 0 Å². The second-order valence-electron chi connectivity index (χ2n) is 7.70. The fourth-order valence-corrected chi connectivity index (χ4v) is 5.72. The van der Waals surface area contributed by atoms with Crippen molar-refractivity contribution in [3.63, 3.8) is 0 Å². The maximum Gasteiger partial charge on any atom is 0.108 e. The summed E-state index contributed by atoms with van der Waals surface area (Å²) in [5.74, 6) is 2.57. The lowest BCUT2D eigenvalue weighted by molar-refractivity contribution is -0.905. The zero-order chi connectivity index (χ0) is 14.2. The van der Waals surface area contributed by atoms with Crippen molar-refractivity contribution in [3.8, 4) is 0 Å². The number of nitrogens with one attached hydrogen (secondary N) is 1. The highest BCUT2D eigenvalue weighted by atomic mass is 16.3. The van der Waals surface area contributed by atoms with Crippen molar-refractivity contribution >= 4 is 0 Å². The lowest BCUT2D eigenvalue weighted by Crippen LogP contribution is -3.14. The van der Waals surface area contributed by atoms with E-state index in [-0.39, 0.29) is 24.7 Å². The van der Waals surface area contributed by atoms with Crippen LogP contribution in [0.4, 0.5) is 0 Å². The quantitative estimate of drug-likeness (QED) is 0.506. The van der Waals surface area contributed by atoms with Crippen molar-refractivity contribution in [2.24, 2.45) is 23.2 Å². The summed E-state index contributed by atoms with van der Waals surface area (Å²) < 4.78 is 0. The van der Waals surface area contributed by atoms with Gasteiger partial charge in [-0.3, -0.25) is 0 Å². The average molecular weight is 284 g/mol. The summed E-state index contributed by atoms with van der Waals surface area (Å²) in [6.45, 7) is 2.20. The van der Waals surface area contributed by atoms with E-state index in [9.17, 15) is 5.11 Å². The van der Waals surface area contributed by atoms with Gasteiger partial charge in [-0.1, -0.05) is 0 Å². The highest BCUT2D eigenvalue weighted by Gasteiger charge is 2.54. The number of aliphatic hydroxyl groups is 3. The molecule has 0 heterocycles. The van der Waals surface area contributed by atoms with E-state index < -0.39 is 0 Å². The van der Waals surface area contributed by atoms with Gasteiger partial charge in [0.1, 0.15) is 25.7 Å². The average Bonchev–Trinajstić information content (AvgIpc) is 2.37. The van der Waals surface area contributed by atoms with E-state index in [1.807, 2.05) is 0 Å². The third-order valence-corrected chi connectivity index (χ3v) is 6.21. The number of rotatable bonds is 7. The molecule has 4 nitrogen and oxygen atoms in total. The lowest BCUT2D eigenvalue weighted by Gasteiger charge is -2.58. The number of hydrogen-bond donors (Lipinski definition) is 4. The Morgan fingerprint density at radius 2 is 1.35 bits per heavy atom. The molecule has 4 rings (SSSR count). The third kappa shape index (κ3) is 2.76. The number of aliphatic hydroxyl groups excluding tert-OH is 3. The Morgan fingerprint density at radius 1 is 0.900 bits per heavy atom. The van der Waals surface area contributed by atoms with Gasteiger partial charge in [0, 0.05) is 5.41 Å². The van der Waals surface area contributed by atoms with Gasteiger partial charge in [-0.15, -0.1) is 0 Å². The van der Waals surface area contributed by atoms with E-state index in [0.29, 0.717) is 19.6 Å². The summed E-state index contributed by atoms with van der Waals surface area (Å²) in [4.78, 5) is 1.14. The van der Waals surface area contributed by atoms with Gasteiger partial charge >= 0.3 is 0 Å². The Morgan fingerprint density at radius 3 is 1.75 bits per heavy atom. The molecule has 20 heavy (non-hydrogen) atoms. The Balaban J connectivity index is 1.65.